The van der Waals surface area contributed by atoms with Gasteiger partial charge in [0.15, 0.2) is 6.61 Å². The molecule has 1 aliphatic heterocycles. The molecule has 1 saturated heterocycles. The van der Waals surface area contributed by atoms with Gasteiger partial charge >= 0.3 is 0 Å². The van der Waals surface area contributed by atoms with Crippen LogP contribution in [0.4, 0.5) is 0 Å². The molecule has 0 aliphatic carbocycles. The highest BCUT2D eigenvalue weighted by Crippen LogP contribution is 2.28. The zero-order valence-corrected chi connectivity index (χ0v) is 15.2. The molecule has 1 aromatic heterocycles. The van der Waals surface area contributed by atoms with Crippen molar-refractivity contribution >= 4 is 17.5 Å². The van der Waals surface area contributed by atoms with Gasteiger partial charge in [-0.3, -0.25) is 4.79 Å². The van der Waals surface area contributed by atoms with Gasteiger partial charge in [0.2, 0.25) is 0 Å². The lowest BCUT2D eigenvalue weighted by Gasteiger charge is -2.34. The number of hydrogen-bond acceptors (Lipinski definition) is 4. The predicted octanol–water partition coefficient (Wildman–Crippen LogP) is 3.78. The Balaban J connectivity index is 1.69. The second-order valence-electron chi connectivity index (χ2n) is 5.99. The van der Waals surface area contributed by atoms with Crippen LogP contribution in [0.1, 0.15) is 30.0 Å². The van der Waals surface area contributed by atoms with E-state index in [-0.39, 0.29) is 18.6 Å². The number of carbonyl (C=O) groups excluding carboxylic acids is 1. The van der Waals surface area contributed by atoms with Crippen molar-refractivity contribution < 1.29 is 18.7 Å². The number of rotatable bonds is 5. The van der Waals surface area contributed by atoms with Crippen molar-refractivity contribution in [2.75, 3.05) is 26.4 Å². The van der Waals surface area contributed by atoms with Crippen LogP contribution in [0.25, 0.3) is 0 Å². The minimum atomic E-state index is -0.217. The van der Waals surface area contributed by atoms with Crippen LogP contribution in [0.2, 0.25) is 5.02 Å². The van der Waals surface area contributed by atoms with E-state index in [9.17, 15) is 4.79 Å². The summed E-state index contributed by atoms with van der Waals surface area (Å²) in [5.74, 6) is 2.18. The van der Waals surface area contributed by atoms with Crippen molar-refractivity contribution in [1.29, 1.82) is 0 Å². The molecule has 6 heteroatoms. The number of halogens is 1. The minimum absolute atomic E-state index is 0.0426. The summed E-state index contributed by atoms with van der Waals surface area (Å²) < 4.78 is 17.1. The van der Waals surface area contributed by atoms with Crippen LogP contribution in [0.15, 0.2) is 34.7 Å². The molecule has 1 aliphatic rings. The van der Waals surface area contributed by atoms with Crippen LogP contribution in [-0.4, -0.2) is 37.2 Å². The van der Waals surface area contributed by atoms with Crippen molar-refractivity contribution in [3.05, 3.63) is 52.4 Å². The topological polar surface area (TPSA) is 51.9 Å². The standard InChI is InChI=1S/C19H22ClNO4/c1-3-14-7-8-18(25-14)16-11-23-10-9-21(16)19(22)12-24-17-6-4-5-15(20)13(17)2/h4-8,16H,3,9-12H2,1-2H3/t16-/m1/s1. The second-order valence-corrected chi connectivity index (χ2v) is 6.39. The van der Waals surface area contributed by atoms with Crippen molar-refractivity contribution in [3.8, 4) is 5.75 Å². The third-order valence-corrected chi connectivity index (χ3v) is 4.79. The third-order valence-electron chi connectivity index (χ3n) is 4.38. The summed E-state index contributed by atoms with van der Waals surface area (Å²) in [5, 5.41) is 0.622. The van der Waals surface area contributed by atoms with Crippen LogP contribution in [-0.2, 0) is 16.0 Å². The summed E-state index contributed by atoms with van der Waals surface area (Å²) in [7, 11) is 0. The van der Waals surface area contributed by atoms with Gasteiger partial charge in [0.25, 0.3) is 5.91 Å². The highest BCUT2D eigenvalue weighted by molar-refractivity contribution is 6.31. The van der Waals surface area contributed by atoms with Gasteiger partial charge in [-0.15, -0.1) is 0 Å². The maximum atomic E-state index is 12.7. The average Bonchev–Trinajstić information content (AvgIpc) is 3.12. The largest absolute Gasteiger partial charge is 0.483 e. The molecule has 0 bridgehead atoms. The first kappa shape index (κ1) is 17.8. The fourth-order valence-corrected chi connectivity index (χ4v) is 3.03. The molecule has 0 saturated carbocycles. The maximum absolute atomic E-state index is 12.7. The summed E-state index contributed by atoms with van der Waals surface area (Å²) in [5.41, 5.74) is 0.828. The Hall–Kier alpha value is -1.98. The lowest BCUT2D eigenvalue weighted by molar-refractivity contribution is -0.143. The van der Waals surface area contributed by atoms with E-state index < -0.39 is 0 Å². The highest BCUT2D eigenvalue weighted by Gasteiger charge is 2.31. The van der Waals surface area contributed by atoms with Crippen LogP contribution in [0, 0.1) is 6.92 Å². The Labute approximate surface area is 152 Å². The van der Waals surface area contributed by atoms with Gasteiger partial charge in [-0.2, -0.15) is 0 Å². The fourth-order valence-electron chi connectivity index (χ4n) is 2.87. The second kappa shape index (κ2) is 7.93. The first-order valence-electron chi connectivity index (χ1n) is 8.44. The summed E-state index contributed by atoms with van der Waals surface area (Å²) in [6.45, 7) is 5.32. The maximum Gasteiger partial charge on any atom is 0.261 e. The van der Waals surface area contributed by atoms with Gasteiger partial charge in [0, 0.05) is 23.6 Å². The van der Waals surface area contributed by atoms with E-state index in [2.05, 4.69) is 0 Å². The Morgan fingerprint density at radius 3 is 2.96 bits per heavy atom. The van der Waals surface area contributed by atoms with E-state index in [1.165, 1.54) is 0 Å². The molecule has 3 rings (SSSR count). The molecule has 0 radical (unpaired) electrons. The van der Waals surface area contributed by atoms with Gasteiger partial charge in [-0.05, 0) is 31.2 Å². The molecular formula is C19H22ClNO4. The smallest absolute Gasteiger partial charge is 0.261 e. The summed E-state index contributed by atoms with van der Waals surface area (Å²) >= 11 is 6.09. The number of furan rings is 1. The molecule has 0 spiro atoms. The van der Waals surface area contributed by atoms with Crippen LogP contribution in [0.5, 0.6) is 5.75 Å². The van der Waals surface area contributed by atoms with Gasteiger partial charge in [0.05, 0.1) is 13.2 Å². The van der Waals surface area contributed by atoms with E-state index in [0.29, 0.717) is 30.5 Å². The molecule has 25 heavy (non-hydrogen) atoms. The van der Waals surface area contributed by atoms with Crippen LogP contribution >= 0.6 is 11.6 Å². The fraction of sp³-hybridized carbons (Fsp3) is 0.421. The lowest BCUT2D eigenvalue weighted by Crippen LogP contribution is -2.45. The number of amides is 1. The Bertz CT molecular complexity index is 743. The molecule has 1 amide bonds. The Kier molecular flexibility index (Phi) is 5.66. The average molecular weight is 364 g/mol. The van der Waals surface area contributed by atoms with E-state index in [1.807, 2.05) is 38.1 Å². The van der Waals surface area contributed by atoms with Crippen molar-refractivity contribution in [1.82, 2.24) is 4.90 Å². The van der Waals surface area contributed by atoms with Crippen LogP contribution in [0.3, 0.4) is 0 Å². The Morgan fingerprint density at radius 1 is 1.36 bits per heavy atom. The molecule has 5 nitrogen and oxygen atoms in total. The zero-order valence-electron chi connectivity index (χ0n) is 14.5. The van der Waals surface area contributed by atoms with E-state index in [4.69, 9.17) is 25.5 Å². The van der Waals surface area contributed by atoms with Gasteiger partial charge in [-0.1, -0.05) is 24.6 Å². The third kappa shape index (κ3) is 3.99. The first-order chi connectivity index (χ1) is 12.1. The monoisotopic (exact) mass is 363 g/mol. The number of benzene rings is 1. The lowest BCUT2D eigenvalue weighted by atomic mass is 10.1. The molecule has 0 unspecified atom stereocenters. The van der Waals surface area contributed by atoms with Crippen molar-refractivity contribution in [2.45, 2.75) is 26.3 Å². The molecule has 2 heterocycles. The molecule has 1 aromatic carbocycles. The van der Waals surface area contributed by atoms with E-state index in [1.54, 1.807) is 11.0 Å². The van der Waals surface area contributed by atoms with Gasteiger partial charge < -0.3 is 18.8 Å². The molecule has 1 fully saturated rings. The quantitative estimate of drug-likeness (QED) is 0.811. The van der Waals surface area contributed by atoms with Gasteiger partial charge in [-0.25, -0.2) is 0 Å². The zero-order chi connectivity index (χ0) is 17.8. The first-order valence-corrected chi connectivity index (χ1v) is 8.81. The predicted molar refractivity (Wildman–Crippen MR) is 95.0 cm³/mol. The highest BCUT2D eigenvalue weighted by atomic mass is 35.5. The summed E-state index contributed by atoms with van der Waals surface area (Å²) in [6, 6.07) is 9.06. The van der Waals surface area contributed by atoms with Crippen molar-refractivity contribution in [3.63, 3.8) is 0 Å². The molecule has 2 aromatic rings. The number of hydrogen-bond donors (Lipinski definition) is 0. The normalized spacial score (nSPS) is 17.6. The number of carbonyl (C=O) groups is 1. The molecule has 134 valence electrons. The van der Waals surface area contributed by atoms with Crippen molar-refractivity contribution in [2.24, 2.45) is 0 Å². The molecule has 1 atom stereocenters. The minimum Gasteiger partial charge on any atom is -0.483 e. The number of nitrogens with zero attached hydrogens (tertiary/aromatic N) is 1. The number of aryl methyl sites for hydroxylation is 1. The van der Waals surface area contributed by atoms with E-state index in [0.717, 1.165) is 23.5 Å². The molecule has 0 N–H and O–H groups in total. The summed E-state index contributed by atoms with van der Waals surface area (Å²) in [4.78, 5) is 14.5. The number of ether oxygens (including phenoxy) is 2. The summed E-state index contributed by atoms with van der Waals surface area (Å²) in [6.07, 6.45) is 0.818. The molecular weight excluding hydrogens is 342 g/mol. The van der Waals surface area contributed by atoms with Gasteiger partial charge in [0.1, 0.15) is 23.3 Å². The van der Waals surface area contributed by atoms with Crippen LogP contribution < -0.4 is 4.74 Å². The number of morpholine rings is 1. The van der Waals surface area contributed by atoms with E-state index >= 15 is 0 Å². The Morgan fingerprint density at radius 2 is 2.20 bits per heavy atom. The SMILES string of the molecule is CCc1ccc([C@H]2COCCN2C(=O)COc2cccc(Cl)c2C)o1.